The van der Waals surface area contributed by atoms with Crippen molar-refractivity contribution in [1.82, 2.24) is 14.0 Å². The Morgan fingerprint density at radius 1 is 1.03 bits per heavy atom. The predicted octanol–water partition coefficient (Wildman–Crippen LogP) is 4.33. The van der Waals surface area contributed by atoms with E-state index in [0.29, 0.717) is 16.0 Å². The Labute approximate surface area is 167 Å². The minimum atomic E-state index is -4.55. The fraction of sp³-hybridized carbons (Fsp3) is 0.0500. The summed E-state index contributed by atoms with van der Waals surface area (Å²) in [5.74, 6) is 0.202. The molecule has 0 bridgehead atoms. The maximum Gasteiger partial charge on any atom is 0.417 e. The first-order chi connectivity index (χ1) is 13.8. The van der Waals surface area contributed by atoms with E-state index in [9.17, 15) is 18.0 Å². The van der Waals surface area contributed by atoms with E-state index in [1.54, 1.807) is 30.3 Å². The van der Waals surface area contributed by atoms with Crippen molar-refractivity contribution >= 4 is 18.1 Å². The number of nitriles is 1. The number of halogens is 3. The summed E-state index contributed by atoms with van der Waals surface area (Å²) in [4.78, 5) is 17.3. The van der Waals surface area contributed by atoms with Gasteiger partial charge in [0.05, 0.1) is 22.7 Å². The number of fused-ring (bicyclic) bond motifs is 1. The van der Waals surface area contributed by atoms with Crippen LogP contribution in [0.4, 0.5) is 13.2 Å². The zero-order valence-electron chi connectivity index (χ0n) is 14.6. The van der Waals surface area contributed by atoms with Gasteiger partial charge in [0.1, 0.15) is 0 Å². The van der Waals surface area contributed by atoms with Crippen LogP contribution >= 0.6 is 12.6 Å². The molecule has 0 radical (unpaired) electrons. The number of hydrogen-bond donors (Lipinski definition) is 1. The molecule has 0 aliphatic rings. The van der Waals surface area contributed by atoms with E-state index in [-0.39, 0.29) is 5.82 Å². The molecule has 0 spiro atoms. The molecular weight excluding hydrogens is 401 g/mol. The highest BCUT2D eigenvalue weighted by molar-refractivity contribution is 7.80. The molecule has 0 N–H and O–H groups in total. The Kier molecular flexibility index (Phi) is 4.43. The van der Waals surface area contributed by atoms with Gasteiger partial charge in [-0.1, -0.05) is 12.1 Å². The number of aromatic nitrogens is 3. The standard InChI is InChI=1S/C20H11F3N4OS/c21-20(22,23)15-5-6-16-11-27(19(28)26(16)10-15)18-17(29)7-14(9-25-18)13-3-1-12(8-24)2-4-13/h1-7,9-11,29H. The second-order valence-electron chi connectivity index (χ2n) is 6.25. The summed E-state index contributed by atoms with van der Waals surface area (Å²) in [5, 5.41) is 8.88. The summed E-state index contributed by atoms with van der Waals surface area (Å²) in [6.07, 6.45) is -0.846. The highest BCUT2D eigenvalue weighted by Crippen LogP contribution is 2.29. The van der Waals surface area contributed by atoms with Gasteiger partial charge in [-0.15, -0.1) is 12.6 Å². The van der Waals surface area contributed by atoms with Crippen LogP contribution in [0.3, 0.4) is 0 Å². The van der Waals surface area contributed by atoms with Crippen molar-refractivity contribution in [3.05, 3.63) is 82.7 Å². The number of rotatable bonds is 2. The van der Waals surface area contributed by atoms with E-state index in [2.05, 4.69) is 17.6 Å². The largest absolute Gasteiger partial charge is 0.417 e. The fourth-order valence-electron chi connectivity index (χ4n) is 2.93. The van der Waals surface area contributed by atoms with Crippen molar-refractivity contribution in [2.75, 3.05) is 0 Å². The van der Waals surface area contributed by atoms with Crippen LogP contribution in [0.25, 0.3) is 22.5 Å². The zero-order chi connectivity index (χ0) is 20.8. The molecule has 144 valence electrons. The van der Waals surface area contributed by atoms with Crippen molar-refractivity contribution in [3.63, 3.8) is 0 Å². The lowest BCUT2D eigenvalue weighted by Gasteiger charge is -2.07. The van der Waals surface area contributed by atoms with Crippen LogP contribution in [0.15, 0.2) is 70.7 Å². The van der Waals surface area contributed by atoms with Gasteiger partial charge in [-0.25, -0.2) is 14.3 Å². The quantitative estimate of drug-likeness (QED) is 0.499. The molecule has 0 unspecified atom stereocenters. The first kappa shape index (κ1) is 18.8. The van der Waals surface area contributed by atoms with Gasteiger partial charge in [0, 0.05) is 29.0 Å². The topological polar surface area (TPSA) is 63.1 Å². The third-order valence-corrected chi connectivity index (χ3v) is 4.73. The first-order valence-electron chi connectivity index (χ1n) is 8.29. The van der Waals surface area contributed by atoms with Crippen molar-refractivity contribution in [1.29, 1.82) is 5.26 Å². The number of benzene rings is 1. The molecule has 0 saturated heterocycles. The lowest BCUT2D eigenvalue weighted by molar-refractivity contribution is -0.137. The van der Waals surface area contributed by atoms with Crippen LogP contribution < -0.4 is 5.69 Å². The van der Waals surface area contributed by atoms with Gasteiger partial charge in [-0.05, 0) is 35.9 Å². The van der Waals surface area contributed by atoms with Crippen LogP contribution in [0.2, 0.25) is 0 Å². The number of imidazole rings is 1. The second-order valence-corrected chi connectivity index (χ2v) is 6.73. The normalized spacial score (nSPS) is 11.6. The smallest absolute Gasteiger partial charge is 0.267 e. The van der Waals surface area contributed by atoms with E-state index in [1.165, 1.54) is 18.5 Å². The minimum Gasteiger partial charge on any atom is -0.267 e. The van der Waals surface area contributed by atoms with E-state index in [4.69, 9.17) is 5.26 Å². The molecule has 0 saturated carbocycles. The summed E-state index contributed by atoms with van der Waals surface area (Å²) >= 11 is 4.40. The Hall–Kier alpha value is -3.51. The van der Waals surface area contributed by atoms with Gasteiger partial charge in [0.15, 0.2) is 5.82 Å². The van der Waals surface area contributed by atoms with Crippen molar-refractivity contribution in [3.8, 4) is 23.0 Å². The van der Waals surface area contributed by atoms with Crippen LogP contribution in [-0.2, 0) is 6.18 Å². The number of pyridine rings is 2. The number of nitrogens with zero attached hydrogens (tertiary/aromatic N) is 4. The lowest BCUT2D eigenvalue weighted by Crippen LogP contribution is -2.20. The van der Waals surface area contributed by atoms with Gasteiger partial charge >= 0.3 is 11.9 Å². The minimum absolute atomic E-state index is 0.202. The van der Waals surface area contributed by atoms with Crippen molar-refractivity contribution in [2.45, 2.75) is 11.1 Å². The van der Waals surface area contributed by atoms with Crippen LogP contribution in [0.5, 0.6) is 0 Å². The second kappa shape index (κ2) is 6.83. The van der Waals surface area contributed by atoms with Crippen molar-refractivity contribution in [2.24, 2.45) is 0 Å². The summed E-state index contributed by atoms with van der Waals surface area (Å²) in [5.41, 5.74) is 0.755. The lowest BCUT2D eigenvalue weighted by atomic mass is 10.1. The maximum absolute atomic E-state index is 12.9. The van der Waals surface area contributed by atoms with Gasteiger partial charge in [-0.3, -0.25) is 4.40 Å². The molecule has 4 rings (SSSR count). The van der Waals surface area contributed by atoms with E-state index in [0.717, 1.165) is 32.4 Å². The summed E-state index contributed by atoms with van der Waals surface area (Å²) in [7, 11) is 0. The molecular formula is C20H11F3N4OS. The molecule has 4 aromatic rings. The van der Waals surface area contributed by atoms with Gasteiger partial charge in [0.25, 0.3) is 0 Å². The monoisotopic (exact) mass is 412 g/mol. The van der Waals surface area contributed by atoms with Crippen LogP contribution in [-0.4, -0.2) is 14.0 Å². The average Bonchev–Trinajstić information content (AvgIpc) is 3.03. The van der Waals surface area contributed by atoms with E-state index < -0.39 is 17.4 Å². The molecule has 9 heteroatoms. The third-order valence-electron chi connectivity index (χ3n) is 4.40. The fourth-order valence-corrected chi connectivity index (χ4v) is 3.24. The Bertz CT molecular complexity index is 1330. The molecule has 5 nitrogen and oxygen atoms in total. The Morgan fingerprint density at radius 3 is 2.38 bits per heavy atom. The summed E-state index contributed by atoms with van der Waals surface area (Å²) in [6.45, 7) is 0. The molecule has 0 aliphatic heterocycles. The highest BCUT2D eigenvalue weighted by Gasteiger charge is 2.31. The zero-order valence-corrected chi connectivity index (χ0v) is 15.4. The number of thiol groups is 1. The summed E-state index contributed by atoms with van der Waals surface area (Å²) in [6, 6.07) is 12.8. The Morgan fingerprint density at radius 2 is 1.76 bits per heavy atom. The molecule has 0 atom stereocenters. The maximum atomic E-state index is 12.9. The molecule has 29 heavy (non-hydrogen) atoms. The predicted molar refractivity (Wildman–Crippen MR) is 103 cm³/mol. The van der Waals surface area contributed by atoms with Crippen LogP contribution in [0, 0.1) is 11.3 Å². The average molecular weight is 412 g/mol. The first-order valence-corrected chi connectivity index (χ1v) is 8.73. The molecule has 3 heterocycles. The summed E-state index contributed by atoms with van der Waals surface area (Å²) < 4.78 is 40.9. The van der Waals surface area contributed by atoms with Crippen molar-refractivity contribution < 1.29 is 13.2 Å². The molecule has 0 amide bonds. The molecule has 0 aliphatic carbocycles. The van der Waals surface area contributed by atoms with Gasteiger partial charge in [0.2, 0.25) is 0 Å². The Balaban J connectivity index is 1.78. The number of alkyl halides is 3. The van der Waals surface area contributed by atoms with Crippen LogP contribution in [0.1, 0.15) is 11.1 Å². The molecule has 0 fully saturated rings. The highest BCUT2D eigenvalue weighted by atomic mass is 32.1. The molecule has 3 aromatic heterocycles. The third kappa shape index (κ3) is 3.39. The van der Waals surface area contributed by atoms with E-state index in [1.807, 2.05) is 6.07 Å². The molecule has 1 aromatic carbocycles. The number of hydrogen-bond acceptors (Lipinski definition) is 4. The van der Waals surface area contributed by atoms with Gasteiger partial charge < -0.3 is 0 Å². The SMILES string of the molecule is N#Cc1ccc(-c2cnc(-n3cc4ccc(C(F)(F)F)cn4c3=O)c(S)c2)cc1. The van der Waals surface area contributed by atoms with Gasteiger partial charge in [-0.2, -0.15) is 18.4 Å². The van der Waals surface area contributed by atoms with E-state index >= 15 is 0 Å².